The number of nitroso groups, excluding NO2 is 1. The number of carbonyl (C=O) groups is 1. The van der Waals surface area contributed by atoms with Crippen LogP contribution in [0.2, 0.25) is 5.02 Å². The maximum absolute atomic E-state index is 12.6. The number of nitrogens with zero attached hydrogens (tertiary/aromatic N) is 1. The number of cyclic esters (lactones) is 1. The van der Waals surface area contributed by atoms with Crippen molar-refractivity contribution in [2.45, 2.75) is 38.7 Å². The molecule has 1 aliphatic carbocycles. The van der Waals surface area contributed by atoms with Crippen molar-refractivity contribution in [1.82, 2.24) is 0 Å². The molecule has 0 radical (unpaired) electrons. The Bertz CT molecular complexity index is 802. The highest BCUT2D eigenvalue weighted by atomic mass is 35.5. The average molecular weight is 378 g/mol. The van der Waals surface area contributed by atoms with E-state index in [0.717, 1.165) is 18.9 Å². The summed E-state index contributed by atoms with van der Waals surface area (Å²) in [6.07, 6.45) is 7.63. The Morgan fingerprint density at radius 1 is 1.27 bits per heavy atom. The molecule has 138 valence electrons. The minimum Gasteiger partial charge on any atom is -0.507 e. The smallest absolute Gasteiger partial charge is 0.342 e. The highest BCUT2D eigenvalue weighted by molar-refractivity contribution is 6.33. The summed E-state index contributed by atoms with van der Waals surface area (Å²) in [6, 6.07) is 0.994. The highest BCUT2D eigenvalue weighted by Crippen LogP contribution is 2.44. The lowest BCUT2D eigenvalue weighted by Crippen LogP contribution is -2.18. The lowest BCUT2D eigenvalue weighted by atomic mass is 10.00. The van der Waals surface area contributed by atoms with Crippen molar-refractivity contribution >= 4 is 17.6 Å². The summed E-state index contributed by atoms with van der Waals surface area (Å²) >= 11 is 6.13. The molecule has 1 aromatic carbocycles. The van der Waals surface area contributed by atoms with Gasteiger partial charge in [-0.15, -0.1) is 4.91 Å². The van der Waals surface area contributed by atoms with Gasteiger partial charge >= 0.3 is 5.97 Å². The third-order valence-electron chi connectivity index (χ3n) is 4.79. The number of phenols is 2. The van der Waals surface area contributed by atoms with Gasteiger partial charge in [-0.25, -0.2) is 4.79 Å². The normalized spacial score (nSPS) is 26.0. The van der Waals surface area contributed by atoms with Crippen LogP contribution in [0.25, 0.3) is 0 Å². The van der Waals surface area contributed by atoms with Gasteiger partial charge in [-0.05, 0) is 48.8 Å². The number of allylic oxidation sites excluding steroid dienone is 4. The quantitative estimate of drug-likeness (QED) is 0.427. The first kappa shape index (κ1) is 18.5. The van der Waals surface area contributed by atoms with E-state index in [2.05, 4.69) is 11.3 Å². The molecule has 7 heteroatoms. The lowest BCUT2D eigenvalue weighted by molar-refractivity contribution is 0.0307. The van der Waals surface area contributed by atoms with E-state index in [1.165, 1.54) is 0 Å². The van der Waals surface area contributed by atoms with Crippen LogP contribution in [0.4, 0.5) is 0 Å². The second-order valence-electron chi connectivity index (χ2n) is 6.82. The summed E-state index contributed by atoms with van der Waals surface area (Å²) in [7, 11) is 0. The zero-order valence-corrected chi connectivity index (χ0v) is 15.1. The van der Waals surface area contributed by atoms with Gasteiger partial charge in [0.25, 0.3) is 0 Å². The number of hydrogen-bond donors (Lipinski definition) is 2. The van der Waals surface area contributed by atoms with Gasteiger partial charge in [0.05, 0.1) is 16.8 Å². The van der Waals surface area contributed by atoms with E-state index in [0.29, 0.717) is 18.3 Å². The van der Waals surface area contributed by atoms with E-state index in [1.807, 2.05) is 6.08 Å². The fourth-order valence-corrected chi connectivity index (χ4v) is 3.57. The Labute approximate surface area is 156 Å². The second kappa shape index (κ2) is 7.50. The predicted octanol–water partition coefficient (Wildman–Crippen LogP) is 4.48. The van der Waals surface area contributed by atoms with Crippen LogP contribution in [0.3, 0.4) is 0 Å². The second-order valence-corrected chi connectivity index (χ2v) is 7.20. The fourth-order valence-electron chi connectivity index (χ4n) is 3.35. The molecule has 0 spiro atoms. The summed E-state index contributed by atoms with van der Waals surface area (Å²) in [6.45, 7) is 1.81. The number of ether oxygens (including phenoxy) is 1. The van der Waals surface area contributed by atoms with Crippen molar-refractivity contribution in [2.75, 3.05) is 0 Å². The van der Waals surface area contributed by atoms with Crippen LogP contribution < -0.4 is 0 Å². The predicted molar refractivity (Wildman–Crippen MR) is 97.2 cm³/mol. The summed E-state index contributed by atoms with van der Waals surface area (Å²) in [4.78, 5) is 23.8. The molecule has 3 rings (SSSR count). The van der Waals surface area contributed by atoms with Crippen LogP contribution in [0.5, 0.6) is 11.5 Å². The molecule has 26 heavy (non-hydrogen) atoms. The zero-order chi connectivity index (χ0) is 18.8. The molecule has 6 nitrogen and oxygen atoms in total. The van der Waals surface area contributed by atoms with E-state index >= 15 is 0 Å². The number of esters is 1. The Morgan fingerprint density at radius 2 is 2.04 bits per heavy atom. The number of benzene rings is 1. The van der Waals surface area contributed by atoms with Gasteiger partial charge in [0, 0.05) is 12.5 Å². The first-order valence-corrected chi connectivity index (χ1v) is 8.91. The molecule has 3 atom stereocenters. The molecule has 1 heterocycles. The third kappa shape index (κ3) is 3.90. The molecule has 0 aromatic heterocycles. The van der Waals surface area contributed by atoms with Crippen molar-refractivity contribution in [1.29, 1.82) is 0 Å². The SMILES string of the molecule is C[C@@H]1C[C@H]2C[C@@H]2C=CCC=C(N=O)Cc2c(Cl)c(O)cc(O)c2C(=O)O1. The monoisotopic (exact) mass is 377 g/mol. The van der Waals surface area contributed by atoms with Crippen LogP contribution in [-0.2, 0) is 11.2 Å². The summed E-state index contributed by atoms with van der Waals surface area (Å²) in [5.74, 6) is -0.633. The van der Waals surface area contributed by atoms with Crippen LogP contribution in [0.15, 0.2) is 35.2 Å². The molecule has 2 N–H and O–H groups in total. The van der Waals surface area contributed by atoms with Crippen molar-refractivity contribution in [3.63, 3.8) is 0 Å². The van der Waals surface area contributed by atoms with Crippen molar-refractivity contribution < 1.29 is 19.7 Å². The number of rotatable bonds is 1. The van der Waals surface area contributed by atoms with Crippen LogP contribution in [-0.4, -0.2) is 22.3 Å². The van der Waals surface area contributed by atoms with Crippen LogP contribution in [0.1, 0.15) is 42.1 Å². The highest BCUT2D eigenvalue weighted by Gasteiger charge is 2.36. The standard InChI is InChI=1S/C19H20ClNO5/c1-10-6-12-7-11(12)4-2-3-5-13(21-25)8-14-17(19(24)26-10)15(22)9-16(23)18(14)20/h2,4-5,9-12,22-23H,3,6-8H2,1H3/t10-,11+,12+/m1/s1. The van der Waals surface area contributed by atoms with E-state index in [4.69, 9.17) is 16.3 Å². The molecule has 0 bridgehead atoms. The van der Waals surface area contributed by atoms with E-state index < -0.39 is 11.7 Å². The van der Waals surface area contributed by atoms with Gasteiger partial charge in [-0.2, -0.15) is 0 Å². The Morgan fingerprint density at radius 3 is 2.77 bits per heavy atom. The minimum atomic E-state index is -0.734. The van der Waals surface area contributed by atoms with Gasteiger partial charge in [0.1, 0.15) is 17.1 Å². The molecule has 0 unspecified atom stereocenters. The van der Waals surface area contributed by atoms with Gasteiger partial charge < -0.3 is 14.9 Å². The average Bonchev–Trinajstić information content (AvgIpc) is 3.31. The number of fused-ring (bicyclic) bond motifs is 2. The first-order chi connectivity index (χ1) is 12.4. The van der Waals surface area contributed by atoms with Gasteiger partial charge in [-0.3, -0.25) is 0 Å². The van der Waals surface area contributed by atoms with Crippen LogP contribution >= 0.6 is 11.6 Å². The van der Waals surface area contributed by atoms with Crippen molar-refractivity contribution in [3.8, 4) is 11.5 Å². The first-order valence-electron chi connectivity index (χ1n) is 8.54. The number of halogens is 1. The summed E-state index contributed by atoms with van der Waals surface area (Å²) < 4.78 is 5.47. The Hall–Kier alpha value is -2.34. The van der Waals surface area contributed by atoms with Crippen molar-refractivity contribution in [2.24, 2.45) is 17.0 Å². The topological polar surface area (TPSA) is 96.2 Å². The molecule has 1 fully saturated rings. The van der Waals surface area contributed by atoms with Gasteiger partial charge in [0.15, 0.2) is 0 Å². The Kier molecular flexibility index (Phi) is 5.32. The third-order valence-corrected chi connectivity index (χ3v) is 5.22. The molecular formula is C19H20ClNO5. The molecular weight excluding hydrogens is 358 g/mol. The van der Waals surface area contributed by atoms with Crippen molar-refractivity contribution in [3.05, 3.63) is 51.0 Å². The van der Waals surface area contributed by atoms with Gasteiger partial charge in [0.2, 0.25) is 0 Å². The van der Waals surface area contributed by atoms with E-state index in [-0.39, 0.29) is 40.1 Å². The largest absolute Gasteiger partial charge is 0.507 e. The van der Waals surface area contributed by atoms with Crippen LogP contribution in [0, 0.1) is 16.7 Å². The maximum Gasteiger partial charge on any atom is 0.342 e. The number of aromatic hydroxyl groups is 2. The molecule has 2 aliphatic rings. The molecule has 1 aromatic rings. The molecule has 0 saturated heterocycles. The van der Waals surface area contributed by atoms with E-state index in [9.17, 15) is 19.9 Å². The molecule has 1 saturated carbocycles. The zero-order valence-electron chi connectivity index (χ0n) is 14.3. The van der Waals surface area contributed by atoms with Gasteiger partial charge in [-0.1, -0.05) is 29.8 Å². The lowest BCUT2D eigenvalue weighted by Gasteiger charge is -2.17. The summed E-state index contributed by atoms with van der Waals surface area (Å²) in [5, 5.41) is 22.9. The fraction of sp³-hybridized carbons (Fsp3) is 0.421. The summed E-state index contributed by atoms with van der Waals surface area (Å²) in [5.41, 5.74) is 0.139. The maximum atomic E-state index is 12.6. The number of carbonyl (C=O) groups excluding carboxylic acids is 1. The van der Waals surface area contributed by atoms with E-state index in [1.54, 1.807) is 13.0 Å². The minimum absolute atomic E-state index is 0.0942. The Balaban J connectivity index is 2.04. The molecule has 0 amide bonds. The molecule has 1 aliphatic heterocycles. The number of hydrogen-bond acceptors (Lipinski definition) is 6. The number of phenolic OH excluding ortho intramolecular Hbond substituents is 2.